The van der Waals surface area contributed by atoms with Gasteiger partial charge in [-0.25, -0.2) is 4.79 Å². The first-order chi connectivity index (χ1) is 13.3. The zero-order chi connectivity index (χ0) is 22.9. The van der Waals surface area contributed by atoms with Gasteiger partial charge >= 0.3 is 17.9 Å². The van der Waals surface area contributed by atoms with Crippen LogP contribution in [0.5, 0.6) is 0 Å². The van der Waals surface area contributed by atoms with Crippen LogP contribution in [0.25, 0.3) is 0 Å². The lowest BCUT2D eigenvalue weighted by Crippen LogP contribution is -2.59. The van der Waals surface area contributed by atoms with Crippen LogP contribution >= 0.6 is 0 Å². The number of carboxylic acids is 3. The second-order valence-corrected chi connectivity index (χ2v) is 6.17. The topological polar surface area (TPSA) is 245 Å². The highest BCUT2D eigenvalue weighted by Gasteiger charge is 2.33. The largest absolute Gasteiger partial charge is 0.481 e. The molecule has 164 valence electrons. The van der Waals surface area contributed by atoms with Gasteiger partial charge in [-0.05, 0) is 13.8 Å². The molecule has 9 N–H and O–H groups in total. The summed E-state index contributed by atoms with van der Waals surface area (Å²) in [6, 6.07) is -6.32. The van der Waals surface area contributed by atoms with E-state index in [0.29, 0.717) is 0 Å². The molecule has 14 heteroatoms. The number of amides is 3. The Hall–Kier alpha value is -3.26. The van der Waals surface area contributed by atoms with Gasteiger partial charge in [0.1, 0.15) is 18.1 Å². The first-order valence-corrected chi connectivity index (χ1v) is 8.27. The Balaban J connectivity index is 5.43. The van der Waals surface area contributed by atoms with Crippen LogP contribution in [-0.4, -0.2) is 86.3 Å². The zero-order valence-electron chi connectivity index (χ0n) is 15.6. The maximum atomic E-state index is 12.3. The molecule has 0 bridgehead atoms. The van der Waals surface area contributed by atoms with Crippen LogP contribution in [0.1, 0.15) is 26.7 Å². The van der Waals surface area contributed by atoms with Gasteiger partial charge in [-0.3, -0.25) is 24.0 Å². The van der Waals surface area contributed by atoms with Crippen LogP contribution in [0.15, 0.2) is 0 Å². The maximum absolute atomic E-state index is 12.3. The minimum absolute atomic E-state index is 0.808. The Morgan fingerprint density at radius 2 is 1.21 bits per heavy atom. The van der Waals surface area contributed by atoms with E-state index in [4.69, 9.17) is 21.1 Å². The number of nitrogens with one attached hydrogen (secondary N) is 3. The Kier molecular flexibility index (Phi) is 10.3. The molecule has 0 spiro atoms. The van der Waals surface area contributed by atoms with Gasteiger partial charge in [-0.1, -0.05) is 0 Å². The highest BCUT2D eigenvalue weighted by Crippen LogP contribution is 2.01. The first kappa shape index (κ1) is 25.7. The van der Waals surface area contributed by atoms with Gasteiger partial charge in [0.05, 0.1) is 25.0 Å². The lowest BCUT2D eigenvalue weighted by Gasteiger charge is -2.25. The van der Waals surface area contributed by atoms with Gasteiger partial charge < -0.3 is 42.1 Å². The molecule has 0 aliphatic heterocycles. The minimum Gasteiger partial charge on any atom is -0.481 e. The number of hydrogen-bond acceptors (Lipinski definition) is 8. The van der Waals surface area contributed by atoms with E-state index in [1.165, 1.54) is 6.92 Å². The Morgan fingerprint density at radius 3 is 1.59 bits per heavy atom. The number of aliphatic hydroxyl groups excluding tert-OH is 1. The van der Waals surface area contributed by atoms with Gasteiger partial charge in [0.15, 0.2) is 0 Å². The van der Waals surface area contributed by atoms with Gasteiger partial charge in [0, 0.05) is 0 Å². The van der Waals surface area contributed by atoms with E-state index >= 15 is 0 Å². The van der Waals surface area contributed by atoms with Crippen LogP contribution in [-0.2, 0) is 28.8 Å². The van der Waals surface area contributed by atoms with Crippen LogP contribution in [0.2, 0.25) is 0 Å². The maximum Gasteiger partial charge on any atom is 0.326 e. The summed E-state index contributed by atoms with van der Waals surface area (Å²) in [5.74, 6) is -7.99. The van der Waals surface area contributed by atoms with E-state index < -0.39 is 78.7 Å². The summed E-state index contributed by atoms with van der Waals surface area (Å²) in [6.45, 7) is 2.45. The van der Waals surface area contributed by atoms with Crippen molar-refractivity contribution in [2.75, 3.05) is 0 Å². The predicted molar refractivity (Wildman–Crippen MR) is 93.3 cm³/mol. The van der Waals surface area contributed by atoms with Crippen LogP contribution < -0.4 is 21.7 Å². The van der Waals surface area contributed by atoms with Crippen molar-refractivity contribution >= 4 is 35.6 Å². The molecule has 0 fully saturated rings. The molecule has 29 heavy (non-hydrogen) atoms. The molecule has 0 rings (SSSR count). The van der Waals surface area contributed by atoms with Gasteiger partial charge in [0.25, 0.3) is 0 Å². The Bertz CT molecular complexity index is 663. The average molecular weight is 420 g/mol. The number of aliphatic carboxylic acids is 3. The molecule has 0 heterocycles. The molecule has 0 aromatic rings. The molecule has 0 radical (unpaired) electrons. The van der Waals surface area contributed by atoms with Crippen molar-refractivity contribution in [1.82, 2.24) is 16.0 Å². The quantitative estimate of drug-likeness (QED) is 0.152. The van der Waals surface area contributed by atoms with E-state index in [9.17, 15) is 33.9 Å². The van der Waals surface area contributed by atoms with Crippen LogP contribution in [0.3, 0.4) is 0 Å². The summed E-state index contributed by atoms with van der Waals surface area (Å²) < 4.78 is 0. The summed E-state index contributed by atoms with van der Waals surface area (Å²) >= 11 is 0. The predicted octanol–water partition coefficient (Wildman–Crippen LogP) is -3.80. The molecule has 5 unspecified atom stereocenters. The number of nitrogens with two attached hydrogens (primary N) is 1. The highest BCUT2D eigenvalue weighted by molar-refractivity contribution is 5.96. The van der Waals surface area contributed by atoms with Crippen LogP contribution in [0.4, 0.5) is 0 Å². The third-order valence-electron chi connectivity index (χ3n) is 3.48. The van der Waals surface area contributed by atoms with Gasteiger partial charge in [0.2, 0.25) is 17.7 Å². The summed E-state index contributed by atoms with van der Waals surface area (Å²) in [5.41, 5.74) is 5.35. The van der Waals surface area contributed by atoms with Crippen LogP contribution in [0, 0.1) is 0 Å². The number of carbonyl (C=O) groups is 6. The molecule has 0 aromatic heterocycles. The summed E-state index contributed by atoms with van der Waals surface area (Å²) in [6.07, 6.45) is -3.43. The molecular formula is C15H24N4O10. The number of aliphatic hydroxyl groups is 1. The molecule has 0 aliphatic rings. The van der Waals surface area contributed by atoms with Crippen molar-refractivity contribution < 1.29 is 49.2 Å². The number of carbonyl (C=O) groups excluding carboxylic acids is 3. The monoisotopic (exact) mass is 420 g/mol. The van der Waals surface area contributed by atoms with Crippen molar-refractivity contribution in [3.63, 3.8) is 0 Å². The lowest BCUT2D eigenvalue weighted by atomic mass is 10.1. The summed E-state index contributed by atoms with van der Waals surface area (Å²) in [5, 5.41) is 42.2. The molecule has 5 atom stereocenters. The van der Waals surface area contributed by atoms with E-state index in [1.54, 1.807) is 0 Å². The second-order valence-electron chi connectivity index (χ2n) is 6.17. The molecule has 0 aliphatic carbocycles. The van der Waals surface area contributed by atoms with Crippen molar-refractivity contribution in [1.29, 1.82) is 0 Å². The fourth-order valence-corrected chi connectivity index (χ4v) is 1.98. The fourth-order valence-electron chi connectivity index (χ4n) is 1.98. The minimum atomic E-state index is -1.88. The highest BCUT2D eigenvalue weighted by atomic mass is 16.4. The second kappa shape index (κ2) is 11.6. The van der Waals surface area contributed by atoms with Crippen molar-refractivity contribution in [3.05, 3.63) is 0 Å². The van der Waals surface area contributed by atoms with Gasteiger partial charge in [-0.2, -0.15) is 0 Å². The van der Waals surface area contributed by atoms with Gasteiger partial charge in [-0.15, -0.1) is 0 Å². The normalized spacial score (nSPS) is 15.7. The standard InChI is InChI=1S/C15H24N4O10/c1-5(16)12(25)19-11(6(2)20)14(27)17-7(3-9(21)22)13(26)18-8(15(28)29)4-10(23)24/h5-8,11,20H,3-4,16H2,1-2H3,(H,17,27)(H,18,26)(H,19,25)(H,21,22)(H,23,24)(H,28,29). The Morgan fingerprint density at radius 1 is 0.759 bits per heavy atom. The lowest BCUT2D eigenvalue weighted by molar-refractivity contribution is -0.148. The molecule has 3 amide bonds. The average Bonchev–Trinajstić information content (AvgIpc) is 2.56. The summed E-state index contributed by atoms with van der Waals surface area (Å²) in [4.78, 5) is 68.9. The number of hydrogen-bond donors (Lipinski definition) is 8. The summed E-state index contributed by atoms with van der Waals surface area (Å²) in [7, 11) is 0. The van der Waals surface area contributed by atoms with Crippen molar-refractivity contribution in [2.45, 2.75) is 57.0 Å². The van der Waals surface area contributed by atoms with E-state index in [0.717, 1.165) is 6.92 Å². The molecule has 0 saturated carbocycles. The smallest absolute Gasteiger partial charge is 0.326 e. The number of carboxylic acid groups (broad SMARTS) is 3. The molecule has 14 nitrogen and oxygen atoms in total. The van der Waals surface area contributed by atoms with E-state index in [-0.39, 0.29) is 0 Å². The molecule has 0 saturated heterocycles. The first-order valence-electron chi connectivity index (χ1n) is 8.27. The SMILES string of the molecule is CC(N)C(=O)NC(C(=O)NC(CC(=O)O)C(=O)NC(CC(=O)O)C(=O)O)C(C)O. The Labute approximate surface area is 164 Å². The molecule has 0 aromatic carbocycles. The molecular weight excluding hydrogens is 396 g/mol. The van der Waals surface area contributed by atoms with Crippen molar-refractivity contribution in [3.8, 4) is 0 Å². The van der Waals surface area contributed by atoms with E-state index in [1.807, 2.05) is 10.6 Å². The zero-order valence-corrected chi connectivity index (χ0v) is 15.6. The van der Waals surface area contributed by atoms with E-state index in [2.05, 4.69) is 5.32 Å². The third kappa shape index (κ3) is 9.48. The number of rotatable bonds is 12. The van der Waals surface area contributed by atoms with Crippen molar-refractivity contribution in [2.24, 2.45) is 5.73 Å². The third-order valence-corrected chi connectivity index (χ3v) is 3.48. The fraction of sp³-hybridized carbons (Fsp3) is 0.600.